The van der Waals surface area contributed by atoms with E-state index < -0.39 is 17.6 Å². The number of amides is 2. The highest BCUT2D eigenvalue weighted by molar-refractivity contribution is 8.26. The maximum atomic E-state index is 13.0. The van der Waals surface area contributed by atoms with Crippen LogP contribution in [0.25, 0.3) is 6.08 Å². The summed E-state index contributed by atoms with van der Waals surface area (Å²) in [5.41, 5.74) is 3.38. The van der Waals surface area contributed by atoms with Crippen LogP contribution in [0, 0.1) is 5.82 Å². The molecule has 0 radical (unpaired) electrons. The van der Waals surface area contributed by atoms with Crippen LogP contribution in [0.4, 0.5) is 4.39 Å². The smallest absolute Gasteiger partial charge is 0.285 e. The van der Waals surface area contributed by atoms with Crippen molar-refractivity contribution >= 4 is 46.2 Å². The van der Waals surface area contributed by atoms with Gasteiger partial charge in [0.25, 0.3) is 11.8 Å². The van der Waals surface area contributed by atoms with Gasteiger partial charge < -0.3 is 9.47 Å². The quantitative estimate of drug-likeness (QED) is 0.554. The van der Waals surface area contributed by atoms with E-state index in [-0.39, 0.29) is 9.88 Å². The minimum absolute atomic E-state index is 0.189. The van der Waals surface area contributed by atoms with Crippen LogP contribution in [0.15, 0.2) is 47.4 Å². The van der Waals surface area contributed by atoms with Gasteiger partial charge >= 0.3 is 0 Å². The van der Waals surface area contributed by atoms with Crippen molar-refractivity contribution in [3.8, 4) is 11.5 Å². The van der Waals surface area contributed by atoms with Crippen LogP contribution in [-0.4, -0.2) is 34.9 Å². The molecule has 0 aromatic heterocycles. The standard InChI is InChI=1S/C20H17FN2O4S2/c1-3-27-15-9-4-12(10-16(15)26-2)11-17-19(25)23(20(28)29-17)22-18(24)13-5-7-14(21)8-6-13/h4-11H,3H2,1-2H3,(H,22,24)/b17-11-. The molecule has 0 spiro atoms. The number of benzene rings is 2. The fourth-order valence-electron chi connectivity index (χ4n) is 2.53. The van der Waals surface area contributed by atoms with Gasteiger partial charge in [0.1, 0.15) is 5.82 Å². The number of carbonyl (C=O) groups excluding carboxylic acids is 2. The fourth-order valence-corrected chi connectivity index (χ4v) is 3.71. The van der Waals surface area contributed by atoms with Gasteiger partial charge in [0, 0.05) is 5.56 Å². The number of nitrogens with one attached hydrogen (secondary N) is 1. The van der Waals surface area contributed by atoms with E-state index in [1.165, 1.54) is 31.4 Å². The van der Waals surface area contributed by atoms with Crippen LogP contribution in [-0.2, 0) is 4.79 Å². The number of thiocarbonyl (C=S) groups is 1. The Hall–Kier alpha value is -2.91. The molecule has 29 heavy (non-hydrogen) atoms. The normalized spacial score (nSPS) is 15.0. The average Bonchev–Trinajstić information content (AvgIpc) is 2.97. The molecule has 150 valence electrons. The predicted octanol–water partition coefficient (Wildman–Crippen LogP) is 3.78. The Kier molecular flexibility index (Phi) is 6.50. The van der Waals surface area contributed by atoms with Gasteiger partial charge in [-0.3, -0.25) is 15.0 Å². The molecule has 1 saturated heterocycles. The minimum atomic E-state index is -0.565. The van der Waals surface area contributed by atoms with Crippen molar-refractivity contribution in [2.24, 2.45) is 0 Å². The first-order valence-corrected chi connectivity index (χ1v) is 9.80. The van der Waals surface area contributed by atoms with Gasteiger partial charge in [0.2, 0.25) is 0 Å². The Labute approximate surface area is 176 Å². The van der Waals surface area contributed by atoms with Crippen molar-refractivity contribution in [3.05, 3.63) is 64.3 Å². The van der Waals surface area contributed by atoms with E-state index in [2.05, 4.69) is 5.43 Å². The van der Waals surface area contributed by atoms with Crippen LogP contribution in [0.1, 0.15) is 22.8 Å². The zero-order valence-electron chi connectivity index (χ0n) is 15.6. The summed E-state index contributed by atoms with van der Waals surface area (Å²) in [5.74, 6) is -0.332. The number of halogens is 1. The molecule has 1 fully saturated rings. The van der Waals surface area contributed by atoms with Gasteiger partial charge in [0.15, 0.2) is 15.8 Å². The van der Waals surface area contributed by atoms with Crippen molar-refractivity contribution in [3.63, 3.8) is 0 Å². The molecular weight excluding hydrogens is 415 g/mol. The molecule has 0 saturated carbocycles. The molecule has 0 atom stereocenters. The van der Waals surface area contributed by atoms with Gasteiger partial charge in [0.05, 0.1) is 18.6 Å². The largest absolute Gasteiger partial charge is 0.493 e. The lowest BCUT2D eigenvalue weighted by Gasteiger charge is -2.15. The third-order valence-corrected chi connectivity index (χ3v) is 5.20. The zero-order chi connectivity index (χ0) is 21.0. The first-order chi connectivity index (χ1) is 13.9. The third-order valence-electron chi connectivity index (χ3n) is 3.90. The molecule has 2 aromatic carbocycles. The predicted molar refractivity (Wildman–Crippen MR) is 113 cm³/mol. The number of carbonyl (C=O) groups is 2. The number of rotatable bonds is 6. The van der Waals surface area contributed by atoms with E-state index in [1.807, 2.05) is 6.92 Å². The van der Waals surface area contributed by atoms with Crippen molar-refractivity contribution in [2.45, 2.75) is 6.92 Å². The molecule has 2 aromatic rings. The summed E-state index contributed by atoms with van der Waals surface area (Å²) in [6, 6.07) is 10.3. The number of hydrogen-bond donors (Lipinski definition) is 1. The maximum Gasteiger partial charge on any atom is 0.285 e. The summed E-state index contributed by atoms with van der Waals surface area (Å²) >= 11 is 6.28. The Bertz CT molecular complexity index is 992. The van der Waals surface area contributed by atoms with E-state index >= 15 is 0 Å². The highest BCUT2D eigenvalue weighted by atomic mass is 32.2. The maximum absolute atomic E-state index is 13.0. The van der Waals surface area contributed by atoms with E-state index in [0.717, 1.165) is 22.3 Å². The van der Waals surface area contributed by atoms with E-state index in [1.54, 1.807) is 24.3 Å². The van der Waals surface area contributed by atoms with Crippen molar-refractivity contribution in [1.29, 1.82) is 0 Å². The third kappa shape index (κ3) is 4.75. The molecule has 0 bridgehead atoms. The highest BCUT2D eigenvalue weighted by Crippen LogP contribution is 2.34. The Morgan fingerprint density at radius 1 is 1.24 bits per heavy atom. The first-order valence-electron chi connectivity index (χ1n) is 8.58. The van der Waals surface area contributed by atoms with Crippen LogP contribution in [0.2, 0.25) is 0 Å². The average molecular weight is 432 g/mol. The molecule has 1 N–H and O–H groups in total. The summed E-state index contributed by atoms with van der Waals surface area (Å²) in [7, 11) is 1.53. The van der Waals surface area contributed by atoms with E-state index in [0.29, 0.717) is 23.0 Å². The Balaban J connectivity index is 1.77. The second kappa shape index (κ2) is 9.06. The number of hydrogen-bond acceptors (Lipinski definition) is 6. The van der Waals surface area contributed by atoms with Crippen molar-refractivity contribution in [2.75, 3.05) is 13.7 Å². The Morgan fingerprint density at radius 3 is 2.62 bits per heavy atom. The molecule has 2 amide bonds. The zero-order valence-corrected chi connectivity index (χ0v) is 17.2. The highest BCUT2D eigenvalue weighted by Gasteiger charge is 2.33. The van der Waals surface area contributed by atoms with Crippen molar-refractivity contribution in [1.82, 2.24) is 10.4 Å². The fraction of sp³-hybridized carbons (Fsp3) is 0.150. The van der Waals surface area contributed by atoms with Gasteiger partial charge in [-0.15, -0.1) is 0 Å². The number of nitrogens with zero attached hydrogens (tertiary/aromatic N) is 1. The SMILES string of the molecule is CCOc1ccc(/C=C2\SC(=S)N(NC(=O)c3ccc(F)cc3)C2=O)cc1OC. The second-order valence-electron chi connectivity index (χ2n) is 5.81. The van der Waals surface area contributed by atoms with Gasteiger partial charge in [-0.25, -0.2) is 4.39 Å². The van der Waals surface area contributed by atoms with E-state index in [4.69, 9.17) is 21.7 Å². The second-order valence-corrected chi connectivity index (χ2v) is 7.48. The lowest BCUT2D eigenvalue weighted by Crippen LogP contribution is -2.44. The molecule has 6 nitrogen and oxygen atoms in total. The molecule has 1 heterocycles. The molecule has 9 heteroatoms. The van der Waals surface area contributed by atoms with Crippen molar-refractivity contribution < 1.29 is 23.5 Å². The monoisotopic (exact) mass is 432 g/mol. The van der Waals surface area contributed by atoms with Crippen LogP contribution >= 0.6 is 24.0 Å². The lowest BCUT2D eigenvalue weighted by atomic mass is 10.2. The number of thioether (sulfide) groups is 1. The number of hydrazine groups is 1. The molecule has 1 aliphatic rings. The molecule has 0 aliphatic carbocycles. The van der Waals surface area contributed by atoms with E-state index in [9.17, 15) is 14.0 Å². The summed E-state index contributed by atoms with van der Waals surface area (Å²) in [4.78, 5) is 25.3. The topological polar surface area (TPSA) is 67.9 Å². The summed E-state index contributed by atoms with van der Waals surface area (Å²) in [6.07, 6.45) is 1.65. The number of ether oxygens (including phenoxy) is 2. The first kappa shape index (κ1) is 20.8. The minimum Gasteiger partial charge on any atom is -0.493 e. The van der Waals surface area contributed by atoms with Crippen LogP contribution < -0.4 is 14.9 Å². The van der Waals surface area contributed by atoms with Gasteiger partial charge in [-0.1, -0.05) is 17.8 Å². The summed E-state index contributed by atoms with van der Waals surface area (Å²) < 4.78 is 24.0. The Morgan fingerprint density at radius 2 is 1.97 bits per heavy atom. The molecule has 3 rings (SSSR count). The molecule has 1 aliphatic heterocycles. The number of methoxy groups -OCH3 is 1. The lowest BCUT2D eigenvalue weighted by molar-refractivity contribution is -0.123. The summed E-state index contributed by atoms with van der Waals surface area (Å²) in [5, 5.41) is 1.00. The summed E-state index contributed by atoms with van der Waals surface area (Å²) in [6.45, 7) is 2.38. The van der Waals surface area contributed by atoms with Gasteiger partial charge in [-0.05, 0) is 67.2 Å². The molecule has 0 unspecified atom stereocenters. The molecular formula is C20H17FN2O4S2. The van der Waals surface area contributed by atoms with Gasteiger partial charge in [-0.2, -0.15) is 5.01 Å². The van der Waals surface area contributed by atoms with Crippen LogP contribution in [0.3, 0.4) is 0 Å². The van der Waals surface area contributed by atoms with Crippen LogP contribution in [0.5, 0.6) is 11.5 Å².